The second kappa shape index (κ2) is 10.00. The van der Waals surface area contributed by atoms with Crippen LogP contribution in [0, 0.1) is 0 Å². The maximum Gasteiger partial charge on any atom is 0.262 e. The number of ether oxygens (including phenoxy) is 2. The van der Waals surface area contributed by atoms with Crippen molar-refractivity contribution in [3.05, 3.63) is 98.9 Å². The van der Waals surface area contributed by atoms with E-state index < -0.39 is 0 Å². The average Bonchev–Trinajstić information content (AvgIpc) is 3.32. The minimum absolute atomic E-state index is 0.0259. The van der Waals surface area contributed by atoms with Crippen LogP contribution in [0.1, 0.15) is 28.0 Å². The van der Waals surface area contributed by atoms with E-state index >= 15 is 0 Å². The summed E-state index contributed by atoms with van der Waals surface area (Å²) in [5.74, 6) is 1.68. The zero-order valence-corrected chi connectivity index (χ0v) is 21.8. The number of nitrogens with one attached hydrogen (secondary N) is 1. The second-order valence-electron chi connectivity index (χ2n) is 9.46. The van der Waals surface area contributed by atoms with E-state index in [-0.39, 0.29) is 5.56 Å². The van der Waals surface area contributed by atoms with Crippen molar-refractivity contribution >= 4 is 32.3 Å². The number of aryl methyl sites for hydroxylation is 1. The van der Waals surface area contributed by atoms with Crippen molar-refractivity contribution in [1.82, 2.24) is 14.9 Å². The van der Waals surface area contributed by atoms with Crippen LogP contribution in [0.25, 0.3) is 21.0 Å². The van der Waals surface area contributed by atoms with Crippen molar-refractivity contribution in [2.24, 2.45) is 0 Å². The maximum absolute atomic E-state index is 13.7. The molecular weight excluding hydrogens is 482 g/mol. The highest BCUT2D eigenvalue weighted by atomic mass is 32.1. The van der Waals surface area contributed by atoms with Crippen LogP contribution < -0.4 is 20.3 Å². The van der Waals surface area contributed by atoms with Gasteiger partial charge in [-0.3, -0.25) is 9.36 Å². The molecule has 6 nitrogen and oxygen atoms in total. The number of methoxy groups -OCH3 is 2. The van der Waals surface area contributed by atoms with Gasteiger partial charge in [-0.2, -0.15) is 0 Å². The highest BCUT2D eigenvalue weighted by molar-refractivity contribution is 7.18. The first-order chi connectivity index (χ1) is 18.2. The van der Waals surface area contributed by atoms with E-state index in [1.165, 1.54) is 10.4 Å². The molecule has 6 rings (SSSR count). The molecule has 1 aliphatic carbocycles. The Morgan fingerprint density at radius 2 is 1.84 bits per heavy atom. The van der Waals surface area contributed by atoms with E-state index in [4.69, 9.17) is 14.5 Å². The van der Waals surface area contributed by atoms with Crippen LogP contribution in [0.4, 0.5) is 0 Å². The molecule has 0 saturated carbocycles. The Morgan fingerprint density at radius 1 is 1.03 bits per heavy atom. The number of nitrogens with zero attached hydrogens (tertiary/aromatic N) is 2. The van der Waals surface area contributed by atoms with Gasteiger partial charge in [-0.1, -0.05) is 48.5 Å². The van der Waals surface area contributed by atoms with Gasteiger partial charge in [0.2, 0.25) is 0 Å². The highest BCUT2D eigenvalue weighted by Crippen LogP contribution is 2.34. The summed E-state index contributed by atoms with van der Waals surface area (Å²) < 4.78 is 12.9. The van der Waals surface area contributed by atoms with Crippen molar-refractivity contribution in [3.8, 4) is 11.5 Å². The predicted molar refractivity (Wildman–Crippen MR) is 149 cm³/mol. The molecule has 0 bridgehead atoms. The lowest BCUT2D eigenvalue weighted by Crippen LogP contribution is -2.34. The lowest BCUT2D eigenvalue weighted by molar-refractivity contribution is 0.401. The third-order valence-electron chi connectivity index (χ3n) is 7.36. The summed E-state index contributed by atoms with van der Waals surface area (Å²) in [4.78, 5) is 20.5. The van der Waals surface area contributed by atoms with Gasteiger partial charge < -0.3 is 14.8 Å². The SMILES string of the molecule is COc1ccccc1CNC1CCc2c(sc3ncn(Cc4c(OC)ccc5ccccc45)c(=O)c23)C1. The van der Waals surface area contributed by atoms with Gasteiger partial charge in [0.1, 0.15) is 16.3 Å². The molecule has 0 amide bonds. The third kappa shape index (κ3) is 4.38. The van der Waals surface area contributed by atoms with E-state index in [1.54, 1.807) is 36.5 Å². The summed E-state index contributed by atoms with van der Waals surface area (Å²) in [5.41, 5.74) is 3.35. The molecule has 0 radical (unpaired) electrons. The lowest BCUT2D eigenvalue weighted by atomic mass is 9.93. The monoisotopic (exact) mass is 511 g/mol. The fourth-order valence-electron chi connectivity index (χ4n) is 5.43. The predicted octanol–water partition coefficient (Wildman–Crippen LogP) is 5.32. The molecule has 0 fully saturated rings. The number of fused-ring (bicyclic) bond motifs is 4. The smallest absolute Gasteiger partial charge is 0.262 e. The lowest BCUT2D eigenvalue weighted by Gasteiger charge is -2.24. The van der Waals surface area contributed by atoms with E-state index in [2.05, 4.69) is 29.6 Å². The molecule has 0 aliphatic heterocycles. The van der Waals surface area contributed by atoms with Crippen molar-refractivity contribution < 1.29 is 9.47 Å². The highest BCUT2D eigenvalue weighted by Gasteiger charge is 2.25. The molecular formula is C30H29N3O3S. The van der Waals surface area contributed by atoms with Crippen LogP contribution >= 0.6 is 11.3 Å². The zero-order chi connectivity index (χ0) is 25.4. The number of benzene rings is 3. The van der Waals surface area contributed by atoms with Gasteiger partial charge >= 0.3 is 0 Å². The quantitative estimate of drug-likeness (QED) is 0.320. The molecule has 0 spiro atoms. The Labute approximate surface area is 219 Å². The molecule has 5 aromatic rings. The van der Waals surface area contributed by atoms with Crippen LogP contribution in [0.3, 0.4) is 0 Å². The second-order valence-corrected chi connectivity index (χ2v) is 10.5. The zero-order valence-electron chi connectivity index (χ0n) is 21.0. The fraction of sp³-hybridized carbons (Fsp3) is 0.267. The molecule has 3 aromatic carbocycles. The molecule has 188 valence electrons. The van der Waals surface area contributed by atoms with Crippen molar-refractivity contribution in [1.29, 1.82) is 0 Å². The maximum atomic E-state index is 13.7. The Balaban J connectivity index is 1.28. The summed E-state index contributed by atoms with van der Waals surface area (Å²) in [6, 6.07) is 20.7. The summed E-state index contributed by atoms with van der Waals surface area (Å²) in [5, 5.41) is 6.69. The fourth-order valence-corrected chi connectivity index (χ4v) is 6.69. The van der Waals surface area contributed by atoms with Crippen molar-refractivity contribution in [2.75, 3.05) is 14.2 Å². The molecule has 0 saturated heterocycles. The topological polar surface area (TPSA) is 65.4 Å². The Hall–Kier alpha value is -3.68. The van der Waals surface area contributed by atoms with Crippen molar-refractivity contribution in [2.45, 2.75) is 38.4 Å². The molecule has 1 atom stereocenters. The van der Waals surface area contributed by atoms with Gasteiger partial charge in [-0.05, 0) is 47.7 Å². The molecule has 1 aliphatic rings. The van der Waals surface area contributed by atoms with Gasteiger partial charge in [0.15, 0.2) is 0 Å². The van der Waals surface area contributed by atoms with E-state index in [9.17, 15) is 4.79 Å². The molecule has 2 heterocycles. The van der Waals surface area contributed by atoms with Crippen LogP contribution in [0.2, 0.25) is 0 Å². The minimum Gasteiger partial charge on any atom is -0.496 e. The summed E-state index contributed by atoms with van der Waals surface area (Å²) in [6.45, 7) is 1.17. The standard InChI is InChI=1S/C30H29N3O3S/c1-35-25-10-6-4-8-20(25)16-31-21-12-13-23-27(15-21)37-29-28(23)30(34)33(18-32-29)17-24-22-9-5-3-7-19(22)11-14-26(24)36-2/h3-11,14,18,21,31H,12-13,15-17H2,1-2H3. The first-order valence-electron chi connectivity index (χ1n) is 12.6. The van der Waals surface area contributed by atoms with Crippen LogP contribution in [-0.4, -0.2) is 29.8 Å². The number of rotatable bonds is 7. The summed E-state index contributed by atoms with van der Waals surface area (Å²) in [7, 11) is 3.38. The number of hydrogen-bond donors (Lipinski definition) is 1. The number of para-hydroxylation sites is 1. The van der Waals surface area contributed by atoms with E-state index in [1.807, 2.05) is 36.4 Å². The summed E-state index contributed by atoms with van der Waals surface area (Å²) in [6.07, 6.45) is 4.45. The van der Waals surface area contributed by atoms with Crippen LogP contribution in [-0.2, 0) is 25.9 Å². The number of hydrogen-bond acceptors (Lipinski definition) is 6. The largest absolute Gasteiger partial charge is 0.496 e. The van der Waals surface area contributed by atoms with Gasteiger partial charge in [-0.15, -0.1) is 11.3 Å². The van der Waals surface area contributed by atoms with Crippen LogP contribution in [0.5, 0.6) is 11.5 Å². The van der Waals surface area contributed by atoms with Gasteiger partial charge in [0, 0.05) is 28.6 Å². The molecule has 1 unspecified atom stereocenters. The minimum atomic E-state index is 0.0259. The van der Waals surface area contributed by atoms with E-state index in [0.717, 1.165) is 69.4 Å². The Kier molecular flexibility index (Phi) is 6.40. The van der Waals surface area contributed by atoms with Gasteiger partial charge in [0.25, 0.3) is 5.56 Å². The van der Waals surface area contributed by atoms with E-state index in [0.29, 0.717) is 12.6 Å². The molecule has 7 heteroatoms. The number of aromatic nitrogens is 2. The molecule has 1 N–H and O–H groups in total. The molecule has 2 aromatic heterocycles. The summed E-state index contributed by atoms with van der Waals surface area (Å²) >= 11 is 1.66. The number of thiophene rings is 1. The first-order valence-corrected chi connectivity index (χ1v) is 13.4. The van der Waals surface area contributed by atoms with Crippen LogP contribution in [0.15, 0.2) is 71.8 Å². The normalized spacial score (nSPS) is 15.1. The third-order valence-corrected chi connectivity index (χ3v) is 8.52. The average molecular weight is 512 g/mol. The molecule has 37 heavy (non-hydrogen) atoms. The van der Waals surface area contributed by atoms with Gasteiger partial charge in [-0.25, -0.2) is 4.98 Å². The Bertz CT molecular complexity index is 1660. The van der Waals surface area contributed by atoms with Crippen molar-refractivity contribution in [3.63, 3.8) is 0 Å². The first kappa shape index (κ1) is 23.7. The Morgan fingerprint density at radius 3 is 2.70 bits per heavy atom. The van der Waals surface area contributed by atoms with Gasteiger partial charge in [0.05, 0.1) is 32.5 Å².